The summed E-state index contributed by atoms with van der Waals surface area (Å²) < 4.78 is 20.4. The molecule has 2 rings (SSSR count). The molecule has 0 fully saturated rings. The minimum Gasteiger partial charge on any atom is -0.491 e. The molecule has 0 saturated carbocycles. The molecule has 0 bridgehead atoms. The predicted octanol–water partition coefficient (Wildman–Crippen LogP) is 2.46. The average Bonchev–Trinajstić information content (AvgIpc) is 2.86. The summed E-state index contributed by atoms with van der Waals surface area (Å²) in [6, 6.07) is 4.37. The van der Waals surface area contributed by atoms with E-state index in [1.54, 1.807) is 13.0 Å². The molecule has 0 aliphatic heterocycles. The number of rotatable bonds is 6. The summed E-state index contributed by atoms with van der Waals surface area (Å²) in [6.45, 7) is 4.05. The Bertz CT molecular complexity index is 655. The first-order valence-corrected chi connectivity index (χ1v) is 6.69. The number of carbonyl (C=O) groups is 1. The van der Waals surface area contributed by atoms with E-state index in [1.165, 1.54) is 16.8 Å². The molecule has 0 amide bonds. The van der Waals surface area contributed by atoms with Crippen molar-refractivity contribution < 1.29 is 19.0 Å². The minimum atomic E-state index is -1.14. The predicted molar refractivity (Wildman–Crippen MR) is 73.4 cm³/mol. The summed E-state index contributed by atoms with van der Waals surface area (Å²) in [5.74, 6) is -1.52. The van der Waals surface area contributed by atoms with Crippen molar-refractivity contribution in [2.24, 2.45) is 0 Å². The normalized spacial score (nSPS) is 10.6. The van der Waals surface area contributed by atoms with Gasteiger partial charge in [-0.05, 0) is 25.5 Å². The van der Waals surface area contributed by atoms with Crippen LogP contribution in [-0.4, -0.2) is 32.7 Å². The Morgan fingerprint density at radius 1 is 1.43 bits per heavy atom. The summed E-state index contributed by atoms with van der Waals surface area (Å²) in [7, 11) is 0. The van der Waals surface area contributed by atoms with E-state index in [-0.39, 0.29) is 11.4 Å². The summed E-state index contributed by atoms with van der Waals surface area (Å²) >= 11 is 0. The molecule has 0 spiro atoms. The molecule has 1 heterocycles. The molecule has 2 aromatic rings. The average molecular weight is 293 g/mol. The number of aromatic carboxylic acids is 1. The summed E-state index contributed by atoms with van der Waals surface area (Å²) in [6.07, 6.45) is 1.22. The van der Waals surface area contributed by atoms with Crippen LogP contribution in [0, 0.1) is 5.82 Å². The van der Waals surface area contributed by atoms with Crippen molar-refractivity contribution in [3.8, 4) is 11.4 Å². The second kappa shape index (κ2) is 6.34. The lowest BCUT2D eigenvalue weighted by Gasteiger charge is -2.09. The lowest BCUT2D eigenvalue weighted by Crippen LogP contribution is -2.07. The van der Waals surface area contributed by atoms with Crippen LogP contribution < -0.4 is 4.74 Å². The van der Waals surface area contributed by atoms with Crippen molar-refractivity contribution in [1.29, 1.82) is 0 Å². The van der Waals surface area contributed by atoms with Crippen molar-refractivity contribution in [3.05, 3.63) is 35.4 Å². The van der Waals surface area contributed by atoms with Gasteiger partial charge in [-0.25, -0.2) is 13.9 Å². The Morgan fingerprint density at radius 2 is 2.19 bits per heavy atom. The first-order valence-electron chi connectivity index (χ1n) is 6.69. The van der Waals surface area contributed by atoms with Crippen molar-refractivity contribution >= 4 is 5.97 Å². The van der Waals surface area contributed by atoms with Crippen molar-refractivity contribution in [2.75, 3.05) is 6.61 Å². The van der Waals surface area contributed by atoms with Crippen molar-refractivity contribution in [1.82, 2.24) is 15.0 Å². The lowest BCUT2D eigenvalue weighted by atomic mass is 10.2. The molecule has 0 atom stereocenters. The molecular weight excluding hydrogens is 277 g/mol. The number of ether oxygens (including phenoxy) is 1. The van der Waals surface area contributed by atoms with Gasteiger partial charge in [0, 0.05) is 6.07 Å². The van der Waals surface area contributed by atoms with Gasteiger partial charge in [0.1, 0.15) is 0 Å². The first kappa shape index (κ1) is 15.0. The fourth-order valence-corrected chi connectivity index (χ4v) is 2.03. The summed E-state index contributed by atoms with van der Waals surface area (Å²) in [5.41, 5.74) is 0.763. The number of hydrogen-bond acceptors (Lipinski definition) is 4. The van der Waals surface area contributed by atoms with E-state index in [9.17, 15) is 9.18 Å². The van der Waals surface area contributed by atoms with E-state index in [2.05, 4.69) is 10.3 Å². The maximum atomic E-state index is 13.9. The number of carboxylic acids is 1. The fourth-order valence-electron chi connectivity index (χ4n) is 2.03. The zero-order chi connectivity index (χ0) is 15.4. The van der Waals surface area contributed by atoms with E-state index in [4.69, 9.17) is 9.84 Å². The van der Waals surface area contributed by atoms with Gasteiger partial charge in [-0.15, -0.1) is 5.10 Å². The zero-order valence-corrected chi connectivity index (χ0v) is 11.8. The summed E-state index contributed by atoms with van der Waals surface area (Å²) in [4.78, 5) is 11.1. The van der Waals surface area contributed by atoms with Crippen LogP contribution in [0.2, 0.25) is 0 Å². The molecule has 0 unspecified atom stereocenters. The monoisotopic (exact) mass is 293 g/mol. The zero-order valence-electron chi connectivity index (χ0n) is 11.8. The molecule has 0 aliphatic carbocycles. The van der Waals surface area contributed by atoms with Crippen LogP contribution in [0.5, 0.6) is 5.75 Å². The number of benzene rings is 1. The van der Waals surface area contributed by atoms with Crippen molar-refractivity contribution in [2.45, 2.75) is 26.7 Å². The molecule has 1 N–H and O–H groups in total. The third-order valence-electron chi connectivity index (χ3n) is 2.91. The Labute approximate surface area is 121 Å². The molecule has 0 saturated heterocycles. The number of aromatic nitrogens is 3. The third kappa shape index (κ3) is 3.01. The number of hydrogen-bond donors (Lipinski definition) is 1. The van der Waals surface area contributed by atoms with Gasteiger partial charge in [-0.3, -0.25) is 0 Å². The van der Waals surface area contributed by atoms with Crippen LogP contribution in [-0.2, 0) is 6.42 Å². The molecule has 0 aliphatic rings. The van der Waals surface area contributed by atoms with Gasteiger partial charge in [-0.1, -0.05) is 18.6 Å². The van der Waals surface area contributed by atoms with E-state index in [0.29, 0.717) is 24.4 Å². The van der Waals surface area contributed by atoms with E-state index in [1.807, 2.05) is 6.92 Å². The van der Waals surface area contributed by atoms with Gasteiger partial charge < -0.3 is 9.84 Å². The maximum absolute atomic E-state index is 13.9. The Balaban J connectivity index is 2.46. The highest BCUT2D eigenvalue weighted by atomic mass is 19.1. The molecule has 0 radical (unpaired) electrons. The van der Waals surface area contributed by atoms with Crippen LogP contribution >= 0.6 is 0 Å². The van der Waals surface area contributed by atoms with Gasteiger partial charge in [0.2, 0.25) is 0 Å². The van der Waals surface area contributed by atoms with Crippen LogP contribution in [0.25, 0.3) is 5.69 Å². The number of halogens is 1. The standard InChI is InChI=1S/C14H16FN3O3/c1-3-5-11-13(14(19)20)16-17-18(11)9-6-7-12(21-4-2)10(15)8-9/h6-8H,3-5H2,1-2H3,(H,19,20). The molecule has 7 heteroatoms. The second-order valence-corrected chi connectivity index (χ2v) is 4.40. The quantitative estimate of drug-likeness (QED) is 0.885. The van der Waals surface area contributed by atoms with Crippen LogP contribution in [0.15, 0.2) is 18.2 Å². The molecule has 112 valence electrons. The van der Waals surface area contributed by atoms with Gasteiger partial charge in [0.25, 0.3) is 0 Å². The molecule has 1 aromatic carbocycles. The number of nitrogens with zero attached hydrogens (tertiary/aromatic N) is 3. The van der Waals surface area contributed by atoms with Crippen LogP contribution in [0.1, 0.15) is 36.5 Å². The maximum Gasteiger partial charge on any atom is 0.358 e. The highest BCUT2D eigenvalue weighted by Crippen LogP contribution is 2.22. The second-order valence-electron chi connectivity index (χ2n) is 4.40. The van der Waals surface area contributed by atoms with Crippen LogP contribution in [0.4, 0.5) is 4.39 Å². The highest BCUT2D eigenvalue weighted by molar-refractivity contribution is 5.86. The van der Waals surface area contributed by atoms with E-state index < -0.39 is 11.8 Å². The van der Waals surface area contributed by atoms with Gasteiger partial charge in [0.05, 0.1) is 18.0 Å². The Hall–Kier alpha value is -2.44. The molecule has 6 nitrogen and oxygen atoms in total. The van der Waals surface area contributed by atoms with E-state index in [0.717, 1.165) is 6.42 Å². The fraction of sp³-hybridized carbons (Fsp3) is 0.357. The lowest BCUT2D eigenvalue weighted by molar-refractivity contribution is 0.0689. The SMILES string of the molecule is CCCc1c(C(=O)O)nnn1-c1ccc(OCC)c(F)c1. The molecule has 1 aromatic heterocycles. The molecule has 21 heavy (non-hydrogen) atoms. The van der Waals surface area contributed by atoms with Gasteiger partial charge in [-0.2, -0.15) is 0 Å². The van der Waals surface area contributed by atoms with Gasteiger partial charge >= 0.3 is 5.97 Å². The largest absolute Gasteiger partial charge is 0.491 e. The Kier molecular flexibility index (Phi) is 4.52. The topological polar surface area (TPSA) is 77.2 Å². The van der Waals surface area contributed by atoms with Crippen molar-refractivity contribution in [3.63, 3.8) is 0 Å². The smallest absolute Gasteiger partial charge is 0.358 e. The number of carboxylic acid groups (broad SMARTS) is 1. The summed E-state index contributed by atoms with van der Waals surface area (Å²) in [5, 5.41) is 16.6. The third-order valence-corrected chi connectivity index (χ3v) is 2.91. The Morgan fingerprint density at radius 3 is 2.76 bits per heavy atom. The van der Waals surface area contributed by atoms with Gasteiger partial charge in [0.15, 0.2) is 17.3 Å². The minimum absolute atomic E-state index is 0.105. The van der Waals surface area contributed by atoms with E-state index >= 15 is 0 Å². The highest BCUT2D eigenvalue weighted by Gasteiger charge is 2.19. The van der Waals surface area contributed by atoms with Crippen LogP contribution in [0.3, 0.4) is 0 Å². The first-order chi connectivity index (χ1) is 10.1. The molecular formula is C14H16FN3O3.